The van der Waals surface area contributed by atoms with Gasteiger partial charge in [0.1, 0.15) is 0 Å². The number of hydrogen-bond acceptors (Lipinski definition) is 5. The first kappa shape index (κ1) is 24.2. The average molecular weight is 486 g/mol. The highest BCUT2D eigenvalue weighted by Crippen LogP contribution is 2.25. The maximum atomic E-state index is 12.7. The third-order valence-electron chi connectivity index (χ3n) is 5.50. The smallest absolute Gasteiger partial charge is 0.251 e. The molecule has 0 aliphatic rings. The van der Waals surface area contributed by atoms with E-state index in [0.29, 0.717) is 23.1 Å². The van der Waals surface area contributed by atoms with Gasteiger partial charge in [0.05, 0.1) is 11.8 Å². The lowest BCUT2D eigenvalue weighted by Crippen LogP contribution is -2.28. The minimum absolute atomic E-state index is 0.137. The highest BCUT2D eigenvalue weighted by atomic mass is 32.2. The fourth-order valence-electron chi connectivity index (χ4n) is 3.73. The molecule has 2 amide bonds. The first-order valence-corrected chi connectivity index (χ1v) is 12.3. The third kappa shape index (κ3) is 5.78. The number of aromatic nitrogens is 3. The van der Waals surface area contributed by atoms with E-state index in [4.69, 9.17) is 0 Å². The molecule has 0 unspecified atom stereocenters. The summed E-state index contributed by atoms with van der Waals surface area (Å²) in [6.45, 7) is 8.11. The van der Waals surface area contributed by atoms with E-state index >= 15 is 0 Å². The maximum Gasteiger partial charge on any atom is 0.251 e. The number of allylic oxidation sites excluding steroid dienone is 1. The summed E-state index contributed by atoms with van der Waals surface area (Å²) < 4.78 is 1.86. The van der Waals surface area contributed by atoms with Crippen LogP contribution in [0.3, 0.4) is 0 Å². The van der Waals surface area contributed by atoms with Gasteiger partial charge in [0, 0.05) is 23.2 Å². The second-order valence-corrected chi connectivity index (χ2v) is 9.11. The molecule has 4 rings (SSSR count). The summed E-state index contributed by atoms with van der Waals surface area (Å²) in [6.07, 6.45) is 1.74. The molecule has 1 atom stereocenters. The second-order valence-electron chi connectivity index (χ2n) is 8.16. The lowest BCUT2D eigenvalue weighted by Gasteiger charge is -2.15. The Hall–Kier alpha value is -3.91. The van der Waals surface area contributed by atoms with Crippen LogP contribution in [0.2, 0.25) is 0 Å². The summed E-state index contributed by atoms with van der Waals surface area (Å²) >= 11 is 1.29. The fraction of sp³-hybridized carbons (Fsp3) is 0.185. The number of anilines is 1. The van der Waals surface area contributed by atoms with E-state index in [1.54, 1.807) is 18.2 Å². The zero-order valence-corrected chi connectivity index (χ0v) is 20.5. The molecule has 4 aromatic rings. The molecular formula is C27H27N5O2S. The molecular weight excluding hydrogens is 458 g/mol. The summed E-state index contributed by atoms with van der Waals surface area (Å²) in [5, 5.41) is 17.2. The monoisotopic (exact) mass is 485 g/mol. The number of fused-ring (bicyclic) bond motifs is 1. The van der Waals surface area contributed by atoms with Crippen LogP contribution in [0.25, 0.3) is 10.8 Å². The van der Waals surface area contributed by atoms with Gasteiger partial charge in [-0.05, 0) is 37.4 Å². The predicted molar refractivity (Wildman–Crippen MR) is 141 cm³/mol. The van der Waals surface area contributed by atoms with Crippen LogP contribution in [0.15, 0.2) is 84.5 Å². The lowest BCUT2D eigenvalue weighted by molar-refractivity contribution is -0.113. The molecule has 0 radical (unpaired) electrons. The topological polar surface area (TPSA) is 88.9 Å². The predicted octanol–water partition coefficient (Wildman–Crippen LogP) is 5.15. The lowest BCUT2D eigenvalue weighted by atomic mass is 10.1. The van der Waals surface area contributed by atoms with Crippen molar-refractivity contribution in [1.82, 2.24) is 20.1 Å². The minimum atomic E-state index is -0.380. The molecule has 1 heterocycles. The number of rotatable bonds is 9. The van der Waals surface area contributed by atoms with Crippen LogP contribution in [-0.4, -0.2) is 32.3 Å². The molecule has 1 aromatic heterocycles. The van der Waals surface area contributed by atoms with Gasteiger partial charge in [-0.15, -0.1) is 16.8 Å². The average Bonchev–Trinajstić information content (AvgIpc) is 3.26. The normalized spacial score (nSPS) is 11.7. The fourth-order valence-corrected chi connectivity index (χ4v) is 4.48. The van der Waals surface area contributed by atoms with Crippen molar-refractivity contribution < 1.29 is 9.59 Å². The molecule has 7 nitrogen and oxygen atoms in total. The zero-order chi connectivity index (χ0) is 24.8. The Morgan fingerprint density at radius 1 is 1.06 bits per heavy atom. The first-order valence-electron chi connectivity index (χ1n) is 11.3. The van der Waals surface area contributed by atoms with Gasteiger partial charge in [-0.3, -0.25) is 9.59 Å². The van der Waals surface area contributed by atoms with Gasteiger partial charge < -0.3 is 15.2 Å². The van der Waals surface area contributed by atoms with E-state index in [2.05, 4.69) is 27.4 Å². The van der Waals surface area contributed by atoms with Crippen molar-refractivity contribution in [3.8, 4) is 0 Å². The Morgan fingerprint density at radius 3 is 2.57 bits per heavy atom. The summed E-state index contributed by atoms with van der Waals surface area (Å²) in [6, 6.07) is 20.7. The molecule has 2 N–H and O–H groups in total. The number of thioether (sulfide) groups is 1. The van der Waals surface area contributed by atoms with Gasteiger partial charge in [0.25, 0.3) is 5.91 Å². The van der Waals surface area contributed by atoms with Crippen LogP contribution in [-0.2, 0) is 11.3 Å². The van der Waals surface area contributed by atoms with Gasteiger partial charge in [0.2, 0.25) is 5.91 Å². The van der Waals surface area contributed by atoms with Crippen molar-refractivity contribution in [2.24, 2.45) is 0 Å². The number of nitrogens with zero attached hydrogens (tertiary/aromatic N) is 3. The standard InChI is InChI=1S/C27H27N5O2S/c1-4-16-32-25(19(3)28-26(34)21-14-12-18(2)13-15-21)30-31-27(32)35-17-24(33)29-23-11-7-9-20-8-5-6-10-22(20)23/h4-15,19H,1,16-17H2,2-3H3,(H,28,34)(H,29,33)/t19-/m0/s1. The van der Waals surface area contributed by atoms with Crippen molar-refractivity contribution in [2.75, 3.05) is 11.1 Å². The van der Waals surface area contributed by atoms with Gasteiger partial charge in [0.15, 0.2) is 11.0 Å². The second kappa shape index (κ2) is 11.0. The number of aryl methyl sites for hydroxylation is 1. The summed E-state index contributed by atoms with van der Waals surface area (Å²) in [5.74, 6) is 0.446. The highest BCUT2D eigenvalue weighted by molar-refractivity contribution is 7.99. The van der Waals surface area contributed by atoms with Crippen LogP contribution in [0.4, 0.5) is 5.69 Å². The van der Waals surface area contributed by atoms with Crippen LogP contribution in [0.5, 0.6) is 0 Å². The van der Waals surface area contributed by atoms with Crippen LogP contribution in [0, 0.1) is 6.92 Å². The Kier molecular flexibility index (Phi) is 7.62. The molecule has 178 valence electrons. The quantitative estimate of drug-likeness (QED) is 0.253. The van der Waals surface area contributed by atoms with E-state index < -0.39 is 0 Å². The first-order chi connectivity index (χ1) is 17.0. The molecule has 0 saturated carbocycles. The number of hydrogen-bond donors (Lipinski definition) is 2. The van der Waals surface area contributed by atoms with Crippen molar-refractivity contribution >= 4 is 40.0 Å². The van der Waals surface area contributed by atoms with Gasteiger partial charge in [-0.2, -0.15) is 0 Å². The maximum absolute atomic E-state index is 12.7. The van der Waals surface area contributed by atoms with E-state index in [0.717, 1.165) is 22.0 Å². The Balaban J connectivity index is 1.43. The number of carbonyl (C=O) groups excluding carboxylic acids is 2. The van der Waals surface area contributed by atoms with E-state index in [-0.39, 0.29) is 23.6 Å². The summed E-state index contributed by atoms with van der Waals surface area (Å²) in [5.41, 5.74) is 2.44. The van der Waals surface area contributed by atoms with Gasteiger partial charge in [-0.1, -0.05) is 71.9 Å². The largest absolute Gasteiger partial charge is 0.342 e. The Bertz CT molecular complexity index is 1360. The third-order valence-corrected chi connectivity index (χ3v) is 6.47. The molecule has 0 saturated heterocycles. The van der Waals surface area contributed by atoms with E-state index in [1.165, 1.54) is 11.8 Å². The van der Waals surface area contributed by atoms with Crippen molar-refractivity contribution in [2.45, 2.75) is 31.6 Å². The molecule has 0 aliphatic heterocycles. The SMILES string of the molecule is C=CCn1c(SCC(=O)Nc2cccc3ccccc23)nnc1[C@H](C)NC(=O)c1ccc(C)cc1. The number of benzene rings is 3. The van der Waals surface area contributed by atoms with Crippen LogP contribution >= 0.6 is 11.8 Å². The van der Waals surface area contributed by atoms with E-state index in [1.807, 2.05) is 73.0 Å². The zero-order valence-electron chi connectivity index (χ0n) is 19.7. The molecule has 35 heavy (non-hydrogen) atoms. The van der Waals surface area contributed by atoms with Crippen molar-refractivity contribution in [3.05, 3.63) is 96.3 Å². The molecule has 3 aromatic carbocycles. The van der Waals surface area contributed by atoms with Gasteiger partial charge >= 0.3 is 0 Å². The molecule has 0 fully saturated rings. The van der Waals surface area contributed by atoms with Crippen molar-refractivity contribution in [1.29, 1.82) is 0 Å². The highest BCUT2D eigenvalue weighted by Gasteiger charge is 2.20. The Labute approximate surface area is 208 Å². The van der Waals surface area contributed by atoms with Gasteiger partial charge in [-0.25, -0.2) is 0 Å². The van der Waals surface area contributed by atoms with Crippen LogP contribution in [0.1, 0.15) is 34.7 Å². The molecule has 0 bridgehead atoms. The number of carbonyl (C=O) groups is 2. The van der Waals surface area contributed by atoms with Crippen LogP contribution < -0.4 is 10.6 Å². The van der Waals surface area contributed by atoms with E-state index in [9.17, 15) is 9.59 Å². The van der Waals surface area contributed by atoms with Crippen molar-refractivity contribution in [3.63, 3.8) is 0 Å². The molecule has 0 aliphatic carbocycles. The Morgan fingerprint density at radius 2 is 1.80 bits per heavy atom. The molecule has 0 spiro atoms. The summed E-state index contributed by atoms with van der Waals surface area (Å²) in [4.78, 5) is 25.3. The number of amides is 2. The minimum Gasteiger partial charge on any atom is -0.342 e. The summed E-state index contributed by atoms with van der Waals surface area (Å²) in [7, 11) is 0. The molecule has 8 heteroatoms. The number of nitrogens with one attached hydrogen (secondary N) is 2.